The molecular weight excluding hydrogens is 260 g/mol. The lowest BCUT2D eigenvalue weighted by Crippen LogP contribution is -2.32. The average molecular weight is 275 g/mol. The fraction of sp³-hybridized carbons (Fsp3) is 0.500. The van der Waals surface area contributed by atoms with Crippen LogP contribution in [0.3, 0.4) is 0 Å². The van der Waals surface area contributed by atoms with Gasteiger partial charge in [-0.2, -0.15) is 0 Å². The Bertz CT molecular complexity index is 592. The summed E-state index contributed by atoms with van der Waals surface area (Å²) in [6.45, 7) is 1.74. The highest BCUT2D eigenvalue weighted by Crippen LogP contribution is 2.51. The maximum absolute atomic E-state index is 14.0. The lowest BCUT2D eigenvalue weighted by Gasteiger charge is -2.21. The van der Waals surface area contributed by atoms with Crippen LogP contribution in [0.1, 0.15) is 25.3 Å². The zero-order valence-electron chi connectivity index (χ0n) is 10.2. The normalized spacial score (nSPS) is 19.6. The van der Waals surface area contributed by atoms with Gasteiger partial charge in [-0.25, -0.2) is 17.2 Å². The predicted octanol–water partition coefficient (Wildman–Crippen LogP) is 1.75. The Labute approximate surface area is 105 Å². The van der Waals surface area contributed by atoms with E-state index in [0.29, 0.717) is 12.8 Å². The molecule has 100 valence electrons. The van der Waals surface area contributed by atoms with Crippen molar-refractivity contribution in [3.8, 4) is 0 Å². The molecule has 0 saturated heterocycles. The standard InChI is InChI=1S/C12H15F2NO2S/c1-7(15)12(3-4-12)8-5-10(14)11(6-9(8)13)18(2,16)17/h5-7H,3-4,15H2,1-2H3. The predicted molar refractivity (Wildman–Crippen MR) is 64.0 cm³/mol. The molecule has 1 aliphatic carbocycles. The number of rotatable bonds is 3. The van der Waals surface area contributed by atoms with E-state index in [4.69, 9.17) is 5.73 Å². The Morgan fingerprint density at radius 2 is 1.83 bits per heavy atom. The van der Waals surface area contributed by atoms with E-state index in [2.05, 4.69) is 0 Å². The van der Waals surface area contributed by atoms with E-state index in [1.807, 2.05) is 0 Å². The topological polar surface area (TPSA) is 60.2 Å². The van der Waals surface area contributed by atoms with Crippen molar-refractivity contribution in [1.82, 2.24) is 0 Å². The van der Waals surface area contributed by atoms with Crippen LogP contribution in [0.5, 0.6) is 0 Å². The average Bonchev–Trinajstić information content (AvgIpc) is 3.00. The molecule has 1 saturated carbocycles. The van der Waals surface area contributed by atoms with Crippen LogP contribution in [0.25, 0.3) is 0 Å². The Hall–Kier alpha value is -1.01. The van der Waals surface area contributed by atoms with Gasteiger partial charge in [-0.15, -0.1) is 0 Å². The van der Waals surface area contributed by atoms with Crippen molar-refractivity contribution in [2.24, 2.45) is 5.73 Å². The van der Waals surface area contributed by atoms with Crippen molar-refractivity contribution >= 4 is 9.84 Å². The van der Waals surface area contributed by atoms with Gasteiger partial charge in [-0.3, -0.25) is 0 Å². The lowest BCUT2D eigenvalue weighted by atomic mass is 9.89. The van der Waals surface area contributed by atoms with Gasteiger partial charge in [-0.1, -0.05) is 0 Å². The number of sulfone groups is 1. The molecule has 2 rings (SSSR count). The molecule has 1 atom stereocenters. The minimum absolute atomic E-state index is 0.183. The fourth-order valence-electron chi connectivity index (χ4n) is 2.30. The number of hydrogen-bond donors (Lipinski definition) is 1. The Kier molecular flexibility index (Phi) is 2.98. The maximum atomic E-state index is 14.0. The first kappa shape index (κ1) is 13.4. The van der Waals surface area contributed by atoms with Crippen LogP contribution in [0.4, 0.5) is 8.78 Å². The zero-order valence-corrected chi connectivity index (χ0v) is 11.0. The lowest BCUT2D eigenvalue weighted by molar-refractivity contribution is 0.494. The molecule has 0 amide bonds. The molecular formula is C12H15F2NO2S. The largest absolute Gasteiger partial charge is 0.327 e. The van der Waals surface area contributed by atoms with Crippen molar-refractivity contribution < 1.29 is 17.2 Å². The third kappa shape index (κ3) is 2.03. The molecule has 1 aliphatic rings. The first-order valence-electron chi connectivity index (χ1n) is 5.63. The van der Waals surface area contributed by atoms with Crippen molar-refractivity contribution in [3.63, 3.8) is 0 Å². The quantitative estimate of drug-likeness (QED) is 0.914. The van der Waals surface area contributed by atoms with Crippen LogP contribution >= 0.6 is 0 Å². The molecule has 0 spiro atoms. The number of hydrogen-bond acceptors (Lipinski definition) is 3. The number of nitrogens with two attached hydrogens (primary N) is 1. The summed E-state index contributed by atoms with van der Waals surface area (Å²) in [5.74, 6) is -1.62. The Morgan fingerprint density at radius 3 is 2.22 bits per heavy atom. The minimum atomic E-state index is -3.76. The molecule has 0 heterocycles. The SMILES string of the molecule is CC(N)C1(c2cc(F)c(S(C)(=O)=O)cc2F)CC1. The fourth-order valence-corrected chi connectivity index (χ4v) is 3.03. The highest BCUT2D eigenvalue weighted by molar-refractivity contribution is 7.90. The maximum Gasteiger partial charge on any atom is 0.178 e. The van der Waals surface area contributed by atoms with E-state index in [0.717, 1.165) is 18.4 Å². The molecule has 2 N–H and O–H groups in total. The van der Waals surface area contributed by atoms with E-state index in [1.165, 1.54) is 0 Å². The zero-order chi connectivity index (χ0) is 13.7. The van der Waals surface area contributed by atoms with Crippen LogP contribution in [0, 0.1) is 11.6 Å². The van der Waals surface area contributed by atoms with Gasteiger partial charge in [-0.05, 0) is 37.5 Å². The first-order valence-corrected chi connectivity index (χ1v) is 7.53. The molecule has 1 unspecified atom stereocenters. The molecule has 6 heteroatoms. The van der Waals surface area contributed by atoms with E-state index < -0.39 is 31.8 Å². The van der Waals surface area contributed by atoms with Crippen LogP contribution < -0.4 is 5.73 Å². The summed E-state index contributed by atoms with van der Waals surface area (Å²) in [5.41, 5.74) is 5.44. The molecule has 18 heavy (non-hydrogen) atoms. The third-order valence-corrected chi connectivity index (χ3v) is 4.73. The van der Waals surface area contributed by atoms with Gasteiger partial charge in [0.2, 0.25) is 0 Å². The van der Waals surface area contributed by atoms with Gasteiger partial charge in [0.05, 0.1) is 0 Å². The molecule has 1 aromatic carbocycles. The van der Waals surface area contributed by atoms with Gasteiger partial charge in [0.15, 0.2) is 9.84 Å². The van der Waals surface area contributed by atoms with Gasteiger partial charge in [0.1, 0.15) is 16.5 Å². The van der Waals surface area contributed by atoms with E-state index >= 15 is 0 Å². The van der Waals surface area contributed by atoms with Crippen LogP contribution in [-0.2, 0) is 15.3 Å². The molecule has 0 aliphatic heterocycles. The van der Waals surface area contributed by atoms with Gasteiger partial charge < -0.3 is 5.73 Å². The highest BCUT2D eigenvalue weighted by Gasteiger charge is 2.49. The van der Waals surface area contributed by atoms with Crippen molar-refractivity contribution in [1.29, 1.82) is 0 Å². The minimum Gasteiger partial charge on any atom is -0.327 e. The molecule has 1 aromatic rings. The monoisotopic (exact) mass is 275 g/mol. The van der Waals surface area contributed by atoms with E-state index in [9.17, 15) is 17.2 Å². The second kappa shape index (κ2) is 3.99. The first-order chi connectivity index (χ1) is 8.18. The Morgan fingerprint density at radius 1 is 1.28 bits per heavy atom. The van der Waals surface area contributed by atoms with Gasteiger partial charge >= 0.3 is 0 Å². The second-order valence-electron chi connectivity index (χ2n) is 4.98. The number of benzene rings is 1. The molecule has 1 fully saturated rings. The van der Waals surface area contributed by atoms with E-state index in [-0.39, 0.29) is 11.6 Å². The van der Waals surface area contributed by atoms with Gasteiger partial charge in [0.25, 0.3) is 0 Å². The summed E-state index contributed by atoms with van der Waals surface area (Å²) in [6, 6.07) is 1.43. The molecule has 0 bridgehead atoms. The van der Waals surface area contributed by atoms with Crippen molar-refractivity contribution in [3.05, 3.63) is 29.3 Å². The van der Waals surface area contributed by atoms with E-state index in [1.54, 1.807) is 6.92 Å². The summed E-state index contributed by atoms with van der Waals surface area (Å²) in [6.07, 6.45) is 2.24. The van der Waals surface area contributed by atoms with Crippen molar-refractivity contribution in [2.45, 2.75) is 36.1 Å². The third-order valence-electron chi connectivity index (χ3n) is 3.62. The smallest absolute Gasteiger partial charge is 0.178 e. The molecule has 0 aromatic heterocycles. The van der Waals surface area contributed by atoms with Crippen LogP contribution in [0.15, 0.2) is 17.0 Å². The summed E-state index contributed by atoms with van der Waals surface area (Å²) in [7, 11) is -3.76. The molecule has 0 radical (unpaired) electrons. The molecule has 3 nitrogen and oxygen atoms in total. The van der Waals surface area contributed by atoms with Crippen LogP contribution in [-0.4, -0.2) is 20.7 Å². The summed E-state index contributed by atoms with van der Waals surface area (Å²) in [5, 5.41) is 0. The number of halogens is 2. The Balaban J connectivity index is 2.58. The summed E-state index contributed by atoms with van der Waals surface area (Å²) in [4.78, 5) is -0.607. The van der Waals surface area contributed by atoms with Crippen molar-refractivity contribution in [2.75, 3.05) is 6.26 Å². The van der Waals surface area contributed by atoms with Gasteiger partial charge in [0, 0.05) is 17.7 Å². The highest BCUT2D eigenvalue weighted by atomic mass is 32.2. The summed E-state index contributed by atoms with van der Waals surface area (Å²) < 4.78 is 50.3. The second-order valence-corrected chi connectivity index (χ2v) is 6.96. The summed E-state index contributed by atoms with van der Waals surface area (Å²) >= 11 is 0. The van der Waals surface area contributed by atoms with Crippen LogP contribution in [0.2, 0.25) is 0 Å².